The molecule has 0 fully saturated rings. The van der Waals surface area contributed by atoms with Gasteiger partial charge in [-0.25, -0.2) is 4.98 Å². The minimum Gasteiger partial charge on any atom is -0.376 e. The van der Waals surface area contributed by atoms with Crippen molar-refractivity contribution in [1.29, 1.82) is 0 Å². The largest absolute Gasteiger partial charge is 0.376 e. The minimum absolute atomic E-state index is 0.267. The normalized spacial score (nSPS) is 10.4. The highest BCUT2D eigenvalue weighted by Gasteiger charge is 2.11. The lowest BCUT2D eigenvalue weighted by atomic mass is 10.1. The molecule has 7 heteroatoms. The Morgan fingerprint density at radius 2 is 2.00 bits per heavy atom. The van der Waals surface area contributed by atoms with Gasteiger partial charge in [0.05, 0.1) is 0 Å². The molecule has 0 saturated carbocycles. The maximum atomic E-state index is 5.96. The Kier molecular flexibility index (Phi) is 4.63. The molecular formula is C12H12Cl2N4S. The van der Waals surface area contributed by atoms with E-state index in [4.69, 9.17) is 41.2 Å². The Bertz CT molecular complexity index is 551. The first-order valence-corrected chi connectivity index (χ1v) is 6.74. The number of nitrogens with two attached hydrogens (primary N) is 1. The Morgan fingerprint density at radius 1 is 1.32 bits per heavy atom. The third-order valence-corrected chi connectivity index (χ3v) is 3.21. The molecule has 2 rings (SSSR count). The van der Waals surface area contributed by atoms with Crippen molar-refractivity contribution in [2.75, 3.05) is 11.4 Å². The Balaban J connectivity index is 2.09. The Hall–Kier alpha value is -1.30. The highest BCUT2D eigenvalue weighted by Crippen LogP contribution is 2.20. The van der Waals surface area contributed by atoms with E-state index in [1.54, 1.807) is 23.4 Å². The van der Waals surface area contributed by atoms with E-state index in [0.29, 0.717) is 29.0 Å². The summed E-state index contributed by atoms with van der Waals surface area (Å²) >= 11 is 16.9. The van der Waals surface area contributed by atoms with Crippen LogP contribution in [0.4, 0.5) is 5.95 Å². The maximum Gasteiger partial charge on any atom is 0.209 e. The monoisotopic (exact) mass is 314 g/mol. The van der Waals surface area contributed by atoms with Crippen molar-refractivity contribution in [1.82, 2.24) is 9.97 Å². The second-order valence-corrected chi connectivity index (χ2v) is 5.22. The molecule has 100 valence electrons. The minimum atomic E-state index is 0.267. The van der Waals surface area contributed by atoms with Crippen LogP contribution in [-0.4, -0.2) is 21.6 Å². The molecule has 0 aliphatic carbocycles. The summed E-state index contributed by atoms with van der Waals surface area (Å²) in [7, 11) is 0. The highest BCUT2D eigenvalue weighted by molar-refractivity contribution is 7.80. The first kappa shape index (κ1) is 14.1. The number of hydrogen-bond donors (Lipinski definition) is 2. The highest BCUT2D eigenvalue weighted by atomic mass is 35.5. The third kappa shape index (κ3) is 3.83. The number of aromatic amines is 1. The van der Waals surface area contributed by atoms with Gasteiger partial charge in [0, 0.05) is 29.0 Å². The number of anilines is 1. The average molecular weight is 315 g/mol. The number of thiocarbonyl (C=S) groups is 1. The van der Waals surface area contributed by atoms with Gasteiger partial charge in [-0.1, -0.05) is 23.2 Å². The van der Waals surface area contributed by atoms with E-state index in [1.807, 2.05) is 12.1 Å². The van der Waals surface area contributed by atoms with Crippen molar-refractivity contribution in [3.05, 3.63) is 46.2 Å². The van der Waals surface area contributed by atoms with Crippen LogP contribution in [0.5, 0.6) is 0 Å². The number of aromatic nitrogens is 2. The molecule has 0 radical (unpaired) electrons. The standard InChI is InChI=1S/C12H12Cl2N4S/c13-9-5-8(6-10(14)7-9)1-4-18(11(15)19)12-16-2-3-17-12/h2-3,5-7H,1,4H2,(H2,15,19)(H,16,17). The third-order valence-electron chi connectivity index (χ3n) is 2.55. The van der Waals surface area contributed by atoms with Gasteiger partial charge in [-0.05, 0) is 42.4 Å². The summed E-state index contributed by atoms with van der Waals surface area (Å²) < 4.78 is 0. The van der Waals surface area contributed by atoms with Crippen LogP contribution < -0.4 is 10.6 Å². The summed E-state index contributed by atoms with van der Waals surface area (Å²) in [5, 5.41) is 1.49. The zero-order valence-corrected chi connectivity index (χ0v) is 12.3. The zero-order chi connectivity index (χ0) is 13.8. The molecule has 1 heterocycles. The first-order chi connectivity index (χ1) is 9.06. The van der Waals surface area contributed by atoms with E-state index < -0.39 is 0 Å². The molecule has 1 aromatic heterocycles. The van der Waals surface area contributed by atoms with Crippen LogP contribution in [-0.2, 0) is 6.42 Å². The van der Waals surface area contributed by atoms with E-state index in [2.05, 4.69) is 9.97 Å². The second-order valence-electron chi connectivity index (χ2n) is 3.93. The van der Waals surface area contributed by atoms with Gasteiger partial charge in [0.1, 0.15) is 0 Å². The van der Waals surface area contributed by atoms with Gasteiger partial charge in [0.25, 0.3) is 0 Å². The number of benzene rings is 1. The predicted octanol–water partition coefficient (Wildman–Crippen LogP) is 3.01. The summed E-state index contributed by atoms with van der Waals surface area (Å²) in [6.07, 6.45) is 4.08. The van der Waals surface area contributed by atoms with Crippen LogP contribution in [0.3, 0.4) is 0 Å². The van der Waals surface area contributed by atoms with Crippen LogP contribution in [0, 0.1) is 0 Å². The molecule has 0 aliphatic rings. The lowest BCUT2D eigenvalue weighted by molar-refractivity contribution is 0.907. The number of nitrogens with zero attached hydrogens (tertiary/aromatic N) is 2. The van der Waals surface area contributed by atoms with Crippen molar-refractivity contribution in [3.63, 3.8) is 0 Å². The average Bonchev–Trinajstić information content (AvgIpc) is 2.81. The van der Waals surface area contributed by atoms with Gasteiger partial charge >= 0.3 is 0 Å². The molecule has 0 atom stereocenters. The summed E-state index contributed by atoms with van der Waals surface area (Å²) in [4.78, 5) is 8.84. The van der Waals surface area contributed by atoms with Gasteiger partial charge in [0.2, 0.25) is 5.95 Å². The van der Waals surface area contributed by atoms with Crippen LogP contribution in [0.1, 0.15) is 5.56 Å². The molecule has 0 bridgehead atoms. The molecule has 2 aromatic rings. The molecule has 0 saturated heterocycles. The van der Waals surface area contributed by atoms with Crippen LogP contribution >= 0.6 is 35.4 Å². The Morgan fingerprint density at radius 3 is 2.53 bits per heavy atom. The molecule has 0 unspecified atom stereocenters. The molecule has 0 aliphatic heterocycles. The van der Waals surface area contributed by atoms with Crippen LogP contribution in [0.2, 0.25) is 10.0 Å². The molecule has 19 heavy (non-hydrogen) atoms. The van der Waals surface area contributed by atoms with Gasteiger partial charge < -0.3 is 10.7 Å². The zero-order valence-electron chi connectivity index (χ0n) is 9.94. The number of hydrogen-bond acceptors (Lipinski definition) is 2. The number of imidazole rings is 1. The number of nitrogens with one attached hydrogen (secondary N) is 1. The van der Waals surface area contributed by atoms with Gasteiger partial charge in [-0.3, -0.25) is 4.90 Å². The van der Waals surface area contributed by atoms with E-state index >= 15 is 0 Å². The van der Waals surface area contributed by atoms with E-state index in [1.165, 1.54) is 0 Å². The maximum absolute atomic E-state index is 5.96. The van der Waals surface area contributed by atoms with Crippen molar-refractivity contribution in [2.24, 2.45) is 5.73 Å². The molecule has 0 amide bonds. The van der Waals surface area contributed by atoms with Crippen LogP contribution in [0.25, 0.3) is 0 Å². The van der Waals surface area contributed by atoms with E-state index in [-0.39, 0.29) is 5.11 Å². The number of halogens is 2. The Labute approximate surface area is 126 Å². The van der Waals surface area contributed by atoms with Gasteiger partial charge in [-0.2, -0.15) is 0 Å². The van der Waals surface area contributed by atoms with Crippen molar-refractivity contribution in [3.8, 4) is 0 Å². The summed E-state index contributed by atoms with van der Waals surface area (Å²) in [5.41, 5.74) is 6.72. The summed E-state index contributed by atoms with van der Waals surface area (Å²) in [5.74, 6) is 0.626. The lowest BCUT2D eigenvalue weighted by Crippen LogP contribution is -2.37. The molecule has 0 spiro atoms. The molecule has 1 aromatic carbocycles. The fourth-order valence-corrected chi connectivity index (χ4v) is 2.47. The molecule has 3 N–H and O–H groups in total. The van der Waals surface area contributed by atoms with Crippen molar-refractivity contribution >= 4 is 46.5 Å². The van der Waals surface area contributed by atoms with Gasteiger partial charge in [0.15, 0.2) is 5.11 Å². The van der Waals surface area contributed by atoms with Gasteiger partial charge in [-0.15, -0.1) is 0 Å². The fraction of sp³-hybridized carbons (Fsp3) is 0.167. The topological polar surface area (TPSA) is 57.9 Å². The second kappa shape index (κ2) is 6.23. The SMILES string of the molecule is NC(=S)N(CCc1cc(Cl)cc(Cl)c1)c1ncc[nH]1. The van der Waals surface area contributed by atoms with Crippen molar-refractivity contribution in [2.45, 2.75) is 6.42 Å². The predicted molar refractivity (Wildman–Crippen MR) is 82.9 cm³/mol. The number of rotatable bonds is 4. The smallest absolute Gasteiger partial charge is 0.209 e. The first-order valence-electron chi connectivity index (χ1n) is 5.57. The summed E-state index contributed by atoms with van der Waals surface area (Å²) in [6.45, 7) is 0.597. The van der Waals surface area contributed by atoms with E-state index in [0.717, 1.165) is 5.56 Å². The lowest BCUT2D eigenvalue weighted by Gasteiger charge is -2.19. The van der Waals surface area contributed by atoms with Crippen molar-refractivity contribution < 1.29 is 0 Å². The fourth-order valence-electron chi connectivity index (χ4n) is 1.72. The molecule has 4 nitrogen and oxygen atoms in total. The quantitative estimate of drug-likeness (QED) is 0.852. The summed E-state index contributed by atoms with van der Waals surface area (Å²) in [6, 6.07) is 5.44. The van der Waals surface area contributed by atoms with E-state index in [9.17, 15) is 0 Å². The van der Waals surface area contributed by atoms with Crippen LogP contribution in [0.15, 0.2) is 30.6 Å². The number of H-pyrrole nitrogens is 1. The molecular weight excluding hydrogens is 303 g/mol.